The Balaban J connectivity index is 2.70. The van der Waals surface area contributed by atoms with Crippen LogP contribution in [0.5, 0.6) is 11.5 Å². The molecule has 2 N–H and O–H groups in total. The summed E-state index contributed by atoms with van der Waals surface area (Å²) in [6.45, 7) is 4.02. The summed E-state index contributed by atoms with van der Waals surface area (Å²) in [6.07, 6.45) is 1.70. The summed E-state index contributed by atoms with van der Waals surface area (Å²) >= 11 is 0. The van der Waals surface area contributed by atoms with Crippen molar-refractivity contribution in [3.05, 3.63) is 23.8 Å². The third-order valence-corrected chi connectivity index (χ3v) is 2.90. The molecule has 1 aromatic rings. The fraction of sp³-hybridized carbons (Fsp3) is 0.533. The Labute approximate surface area is 120 Å². The lowest BCUT2D eigenvalue weighted by Gasteiger charge is -2.13. The van der Waals surface area contributed by atoms with Gasteiger partial charge in [-0.05, 0) is 37.5 Å². The molecule has 0 fully saturated rings. The maximum atomic E-state index is 11.3. The number of benzene rings is 1. The Kier molecular flexibility index (Phi) is 6.87. The average molecular weight is 281 g/mol. The van der Waals surface area contributed by atoms with Gasteiger partial charge in [0.1, 0.15) is 0 Å². The molecule has 0 amide bonds. The standard InChI is InChI=1S/C15H23NO4/c1-4-12(16)8-11-6-7-13(14(9-11)18-3)20-10-15(17)19-5-2/h6-7,9,12H,4-5,8,10,16H2,1-3H3. The van der Waals surface area contributed by atoms with Crippen LogP contribution < -0.4 is 15.2 Å². The fourth-order valence-corrected chi connectivity index (χ4v) is 1.74. The van der Waals surface area contributed by atoms with Gasteiger partial charge in [-0.2, -0.15) is 0 Å². The van der Waals surface area contributed by atoms with Gasteiger partial charge in [-0.15, -0.1) is 0 Å². The first-order chi connectivity index (χ1) is 9.60. The fourth-order valence-electron chi connectivity index (χ4n) is 1.74. The second kappa shape index (κ2) is 8.43. The summed E-state index contributed by atoms with van der Waals surface area (Å²) in [5.41, 5.74) is 7.02. The van der Waals surface area contributed by atoms with Gasteiger partial charge in [0.05, 0.1) is 13.7 Å². The molecule has 0 aliphatic carbocycles. The van der Waals surface area contributed by atoms with Gasteiger partial charge in [-0.25, -0.2) is 4.79 Å². The monoisotopic (exact) mass is 281 g/mol. The first-order valence-corrected chi connectivity index (χ1v) is 6.81. The third kappa shape index (κ3) is 5.09. The molecule has 20 heavy (non-hydrogen) atoms. The highest BCUT2D eigenvalue weighted by molar-refractivity contribution is 5.71. The first-order valence-electron chi connectivity index (χ1n) is 6.81. The van der Waals surface area contributed by atoms with Crippen LogP contribution in [0, 0.1) is 0 Å². The number of esters is 1. The smallest absolute Gasteiger partial charge is 0.344 e. The van der Waals surface area contributed by atoms with E-state index >= 15 is 0 Å². The van der Waals surface area contributed by atoms with Crippen molar-refractivity contribution in [3.8, 4) is 11.5 Å². The molecule has 1 unspecified atom stereocenters. The van der Waals surface area contributed by atoms with Gasteiger partial charge in [0.15, 0.2) is 18.1 Å². The second-order valence-corrected chi connectivity index (χ2v) is 4.45. The predicted molar refractivity (Wildman–Crippen MR) is 77.1 cm³/mol. The first kappa shape index (κ1) is 16.3. The van der Waals surface area contributed by atoms with E-state index in [9.17, 15) is 4.79 Å². The number of carbonyl (C=O) groups excluding carboxylic acids is 1. The number of methoxy groups -OCH3 is 1. The highest BCUT2D eigenvalue weighted by Gasteiger charge is 2.10. The van der Waals surface area contributed by atoms with E-state index in [1.807, 2.05) is 12.1 Å². The van der Waals surface area contributed by atoms with Crippen molar-refractivity contribution in [1.29, 1.82) is 0 Å². The molecule has 1 rings (SSSR count). The molecule has 0 saturated carbocycles. The van der Waals surface area contributed by atoms with Crippen molar-refractivity contribution in [1.82, 2.24) is 0 Å². The number of rotatable bonds is 8. The number of nitrogens with two attached hydrogens (primary N) is 1. The summed E-state index contributed by atoms with van der Waals surface area (Å²) in [5.74, 6) is 0.719. The molecular formula is C15H23NO4. The quantitative estimate of drug-likeness (QED) is 0.737. The summed E-state index contributed by atoms with van der Waals surface area (Å²) in [4.78, 5) is 11.3. The molecule has 0 aliphatic rings. The molecule has 5 heteroatoms. The van der Waals surface area contributed by atoms with Gasteiger partial charge >= 0.3 is 5.97 Å². The maximum absolute atomic E-state index is 11.3. The van der Waals surface area contributed by atoms with Crippen LogP contribution in [0.4, 0.5) is 0 Å². The molecule has 0 saturated heterocycles. The van der Waals surface area contributed by atoms with E-state index < -0.39 is 5.97 Å². The van der Waals surface area contributed by atoms with Crippen LogP contribution in [0.2, 0.25) is 0 Å². The van der Waals surface area contributed by atoms with Gasteiger partial charge in [0.25, 0.3) is 0 Å². The van der Waals surface area contributed by atoms with Crippen molar-refractivity contribution in [2.45, 2.75) is 32.7 Å². The SMILES string of the molecule is CCOC(=O)COc1ccc(CC(N)CC)cc1OC. The van der Waals surface area contributed by atoms with Crippen molar-refractivity contribution < 1.29 is 19.0 Å². The molecule has 0 aromatic heterocycles. The van der Waals surface area contributed by atoms with E-state index in [1.165, 1.54) is 0 Å². The Morgan fingerprint density at radius 2 is 2.05 bits per heavy atom. The van der Waals surface area contributed by atoms with Gasteiger partial charge in [-0.1, -0.05) is 13.0 Å². The van der Waals surface area contributed by atoms with Crippen LogP contribution in [0.1, 0.15) is 25.8 Å². The van der Waals surface area contributed by atoms with Gasteiger partial charge in [0.2, 0.25) is 0 Å². The molecule has 0 aliphatic heterocycles. The van der Waals surface area contributed by atoms with Crippen molar-refractivity contribution in [3.63, 3.8) is 0 Å². The van der Waals surface area contributed by atoms with E-state index in [4.69, 9.17) is 19.9 Å². The van der Waals surface area contributed by atoms with Crippen LogP contribution in [0.25, 0.3) is 0 Å². The van der Waals surface area contributed by atoms with E-state index in [2.05, 4.69) is 6.92 Å². The third-order valence-electron chi connectivity index (χ3n) is 2.90. The molecule has 0 radical (unpaired) electrons. The van der Waals surface area contributed by atoms with Crippen molar-refractivity contribution >= 4 is 5.97 Å². The summed E-state index contributed by atoms with van der Waals surface area (Å²) in [5, 5.41) is 0. The number of carbonyl (C=O) groups is 1. The molecule has 0 bridgehead atoms. The summed E-state index contributed by atoms with van der Waals surface area (Å²) in [6, 6.07) is 5.73. The van der Waals surface area contributed by atoms with Crippen LogP contribution >= 0.6 is 0 Å². The molecule has 0 spiro atoms. The number of hydrogen-bond acceptors (Lipinski definition) is 5. The van der Waals surface area contributed by atoms with Crippen LogP contribution in [-0.2, 0) is 16.0 Å². The highest BCUT2D eigenvalue weighted by Crippen LogP contribution is 2.28. The Morgan fingerprint density at radius 3 is 2.65 bits per heavy atom. The van der Waals surface area contributed by atoms with Crippen molar-refractivity contribution in [2.75, 3.05) is 20.3 Å². The lowest BCUT2D eigenvalue weighted by Crippen LogP contribution is -2.21. The molecule has 1 aromatic carbocycles. The average Bonchev–Trinajstić information content (AvgIpc) is 2.45. The second-order valence-electron chi connectivity index (χ2n) is 4.45. The topological polar surface area (TPSA) is 70.8 Å². The van der Waals surface area contributed by atoms with E-state index in [1.54, 1.807) is 20.1 Å². The van der Waals surface area contributed by atoms with E-state index in [0.717, 1.165) is 18.4 Å². The molecule has 112 valence electrons. The minimum atomic E-state index is -0.397. The lowest BCUT2D eigenvalue weighted by molar-refractivity contribution is -0.145. The van der Waals surface area contributed by atoms with Gasteiger partial charge in [0, 0.05) is 6.04 Å². The Hall–Kier alpha value is -1.75. The Morgan fingerprint density at radius 1 is 1.30 bits per heavy atom. The largest absolute Gasteiger partial charge is 0.493 e. The van der Waals surface area contributed by atoms with Crippen molar-refractivity contribution in [2.24, 2.45) is 5.73 Å². The van der Waals surface area contributed by atoms with E-state index in [-0.39, 0.29) is 12.6 Å². The lowest BCUT2D eigenvalue weighted by atomic mass is 10.0. The van der Waals surface area contributed by atoms with Crippen LogP contribution in [-0.4, -0.2) is 32.3 Å². The molecular weight excluding hydrogens is 258 g/mol. The normalized spacial score (nSPS) is 11.8. The molecule has 1 atom stereocenters. The van der Waals surface area contributed by atoms with Gasteiger partial charge in [-0.3, -0.25) is 0 Å². The minimum Gasteiger partial charge on any atom is -0.493 e. The number of ether oxygens (including phenoxy) is 3. The van der Waals surface area contributed by atoms with Gasteiger partial charge < -0.3 is 19.9 Å². The summed E-state index contributed by atoms with van der Waals surface area (Å²) < 4.78 is 15.5. The minimum absolute atomic E-state index is 0.127. The van der Waals surface area contributed by atoms with E-state index in [0.29, 0.717) is 18.1 Å². The van der Waals surface area contributed by atoms with Crippen LogP contribution in [0.3, 0.4) is 0 Å². The summed E-state index contributed by atoms with van der Waals surface area (Å²) in [7, 11) is 1.57. The zero-order valence-electron chi connectivity index (χ0n) is 12.3. The van der Waals surface area contributed by atoms with Crippen LogP contribution in [0.15, 0.2) is 18.2 Å². The predicted octanol–water partition coefficient (Wildman–Crippen LogP) is 1.92. The molecule has 0 heterocycles. The molecule has 5 nitrogen and oxygen atoms in total. The zero-order valence-corrected chi connectivity index (χ0v) is 12.3. The Bertz CT molecular complexity index is 434. The highest BCUT2D eigenvalue weighted by atomic mass is 16.6. The zero-order chi connectivity index (χ0) is 15.0. The number of hydrogen-bond donors (Lipinski definition) is 1. The maximum Gasteiger partial charge on any atom is 0.344 e.